The van der Waals surface area contributed by atoms with Gasteiger partial charge in [-0.2, -0.15) is 0 Å². The van der Waals surface area contributed by atoms with Crippen molar-refractivity contribution in [2.24, 2.45) is 0 Å². The molecule has 1 aliphatic heterocycles. The third-order valence-corrected chi connectivity index (χ3v) is 4.74. The number of nitrogens with one attached hydrogen (secondary N) is 1. The van der Waals surface area contributed by atoms with E-state index in [0.717, 1.165) is 45.2 Å². The number of carbonyl (C=O) groups excluding carboxylic acids is 1. The highest BCUT2D eigenvalue weighted by Gasteiger charge is 2.25. The van der Waals surface area contributed by atoms with Gasteiger partial charge in [-0.3, -0.25) is 0 Å². The number of aliphatic hydroxyl groups excluding tert-OH is 1. The van der Waals surface area contributed by atoms with Gasteiger partial charge in [-0.25, -0.2) is 4.79 Å². The number of thiophene rings is 1. The Morgan fingerprint density at radius 1 is 1.50 bits per heavy atom. The molecule has 1 fully saturated rings. The molecule has 1 aromatic heterocycles. The molecule has 0 saturated carbocycles. The molecule has 112 valence electrons. The fraction of sp³-hybridized carbons (Fsp3) is 0.667. The molecular weight excluding hydrogens is 272 g/mol. The largest absolute Gasteiger partial charge is 0.396 e. The van der Waals surface area contributed by atoms with Crippen LogP contribution in [0.25, 0.3) is 0 Å². The molecule has 0 radical (unpaired) electrons. The smallest absolute Gasteiger partial charge is 0.317 e. The second kappa shape index (κ2) is 8.27. The lowest BCUT2D eigenvalue weighted by Gasteiger charge is -2.35. The third kappa shape index (κ3) is 4.49. The maximum absolute atomic E-state index is 12.2. The number of rotatable bonds is 6. The number of aryl methyl sites for hydroxylation is 1. The van der Waals surface area contributed by atoms with Gasteiger partial charge in [-0.05, 0) is 50.0 Å². The number of piperidine rings is 1. The molecule has 2 heterocycles. The van der Waals surface area contributed by atoms with Crippen LogP contribution in [0.3, 0.4) is 0 Å². The standard InChI is InChI=1S/C15H24N2O2S/c18-11-8-13-5-1-2-10-17(13)15(19)16-9-3-6-14-7-4-12-20-14/h4,7,12-13,18H,1-3,5-6,8-11H2,(H,16,19)/t13-/m0/s1. The van der Waals surface area contributed by atoms with Crippen molar-refractivity contribution in [3.63, 3.8) is 0 Å². The molecule has 0 bridgehead atoms. The number of hydrogen-bond acceptors (Lipinski definition) is 3. The van der Waals surface area contributed by atoms with Crippen LogP contribution in [0.4, 0.5) is 4.79 Å². The predicted octanol–water partition coefficient (Wildman–Crippen LogP) is 2.63. The summed E-state index contributed by atoms with van der Waals surface area (Å²) in [7, 11) is 0. The Balaban J connectivity index is 1.69. The van der Waals surface area contributed by atoms with Crippen LogP contribution in [0.15, 0.2) is 17.5 Å². The first-order valence-electron chi connectivity index (χ1n) is 7.49. The molecule has 0 unspecified atom stereocenters. The molecule has 20 heavy (non-hydrogen) atoms. The fourth-order valence-corrected chi connectivity index (χ4v) is 3.48. The lowest BCUT2D eigenvalue weighted by molar-refractivity contribution is 0.132. The molecule has 4 nitrogen and oxygen atoms in total. The zero-order chi connectivity index (χ0) is 14.2. The first-order chi connectivity index (χ1) is 9.81. The Labute approximate surface area is 124 Å². The lowest BCUT2D eigenvalue weighted by Crippen LogP contribution is -2.49. The van der Waals surface area contributed by atoms with E-state index in [4.69, 9.17) is 5.11 Å². The fourth-order valence-electron chi connectivity index (χ4n) is 2.73. The van der Waals surface area contributed by atoms with E-state index in [1.807, 2.05) is 4.90 Å². The third-order valence-electron chi connectivity index (χ3n) is 3.81. The number of urea groups is 1. The van der Waals surface area contributed by atoms with Crippen molar-refractivity contribution in [3.8, 4) is 0 Å². The van der Waals surface area contributed by atoms with Crippen LogP contribution in [-0.2, 0) is 6.42 Å². The van der Waals surface area contributed by atoms with Gasteiger partial charge in [0.2, 0.25) is 0 Å². The molecule has 2 N–H and O–H groups in total. The monoisotopic (exact) mass is 296 g/mol. The summed E-state index contributed by atoms with van der Waals surface area (Å²) in [5, 5.41) is 14.2. The molecule has 2 rings (SSSR count). The van der Waals surface area contributed by atoms with Gasteiger partial charge >= 0.3 is 6.03 Å². The van der Waals surface area contributed by atoms with E-state index in [-0.39, 0.29) is 18.7 Å². The Morgan fingerprint density at radius 2 is 2.40 bits per heavy atom. The van der Waals surface area contributed by atoms with Crippen molar-refractivity contribution in [1.29, 1.82) is 0 Å². The summed E-state index contributed by atoms with van der Waals surface area (Å²) in [5.41, 5.74) is 0. The van der Waals surface area contributed by atoms with Gasteiger partial charge in [0.15, 0.2) is 0 Å². The van der Waals surface area contributed by atoms with Crippen LogP contribution in [0.5, 0.6) is 0 Å². The normalized spacial score (nSPS) is 19.1. The van der Waals surface area contributed by atoms with E-state index in [0.29, 0.717) is 6.42 Å². The first-order valence-corrected chi connectivity index (χ1v) is 8.37. The average molecular weight is 296 g/mol. The Kier molecular flexibility index (Phi) is 6.33. The SMILES string of the molecule is O=C(NCCCc1cccs1)N1CCCC[C@H]1CCO. The minimum absolute atomic E-state index is 0.0364. The number of likely N-dealkylation sites (tertiary alicyclic amines) is 1. The number of nitrogens with zero attached hydrogens (tertiary/aromatic N) is 1. The quantitative estimate of drug-likeness (QED) is 0.793. The van der Waals surface area contributed by atoms with E-state index in [9.17, 15) is 4.79 Å². The zero-order valence-corrected chi connectivity index (χ0v) is 12.7. The maximum Gasteiger partial charge on any atom is 0.317 e. The molecule has 0 aromatic carbocycles. The minimum atomic E-state index is 0.0364. The van der Waals surface area contributed by atoms with E-state index in [2.05, 4.69) is 22.8 Å². The van der Waals surface area contributed by atoms with Crippen LogP contribution in [0.2, 0.25) is 0 Å². The van der Waals surface area contributed by atoms with Crippen LogP contribution in [-0.4, -0.2) is 41.8 Å². The molecule has 5 heteroatoms. The van der Waals surface area contributed by atoms with Crippen molar-refractivity contribution >= 4 is 17.4 Å². The van der Waals surface area contributed by atoms with Crippen molar-refractivity contribution in [2.75, 3.05) is 19.7 Å². The molecule has 1 aliphatic rings. The molecule has 1 saturated heterocycles. The van der Waals surface area contributed by atoms with Crippen molar-refractivity contribution < 1.29 is 9.90 Å². The molecule has 0 spiro atoms. The highest BCUT2D eigenvalue weighted by molar-refractivity contribution is 7.09. The zero-order valence-electron chi connectivity index (χ0n) is 11.9. The van der Waals surface area contributed by atoms with Crippen molar-refractivity contribution in [3.05, 3.63) is 22.4 Å². The Morgan fingerprint density at radius 3 is 3.15 bits per heavy atom. The van der Waals surface area contributed by atoms with Gasteiger partial charge in [-0.15, -0.1) is 11.3 Å². The van der Waals surface area contributed by atoms with E-state index in [1.165, 1.54) is 4.88 Å². The summed E-state index contributed by atoms with van der Waals surface area (Å²) >= 11 is 1.77. The summed E-state index contributed by atoms with van der Waals surface area (Å²) in [6.45, 7) is 1.70. The molecule has 2 amide bonds. The van der Waals surface area contributed by atoms with Gasteiger partial charge in [-0.1, -0.05) is 6.07 Å². The van der Waals surface area contributed by atoms with Gasteiger partial charge in [0.25, 0.3) is 0 Å². The number of amides is 2. The summed E-state index contributed by atoms with van der Waals surface area (Å²) in [6, 6.07) is 4.44. The van der Waals surface area contributed by atoms with E-state index < -0.39 is 0 Å². The second-order valence-corrected chi connectivity index (χ2v) is 6.30. The molecule has 1 atom stereocenters. The van der Waals surface area contributed by atoms with Crippen molar-refractivity contribution in [2.45, 2.75) is 44.6 Å². The van der Waals surface area contributed by atoms with Gasteiger partial charge in [0.05, 0.1) is 0 Å². The van der Waals surface area contributed by atoms with E-state index >= 15 is 0 Å². The Hall–Kier alpha value is -1.07. The second-order valence-electron chi connectivity index (χ2n) is 5.27. The van der Waals surface area contributed by atoms with Crippen LogP contribution in [0.1, 0.15) is 37.0 Å². The number of aliphatic hydroxyl groups is 1. The summed E-state index contributed by atoms with van der Waals surface area (Å²) in [6.07, 6.45) is 5.95. The van der Waals surface area contributed by atoms with Gasteiger partial charge in [0.1, 0.15) is 0 Å². The predicted molar refractivity (Wildman–Crippen MR) is 82.1 cm³/mol. The topological polar surface area (TPSA) is 52.6 Å². The van der Waals surface area contributed by atoms with Gasteiger partial charge in [0, 0.05) is 30.6 Å². The van der Waals surface area contributed by atoms with Crippen LogP contribution in [0, 0.1) is 0 Å². The van der Waals surface area contributed by atoms with Crippen LogP contribution >= 0.6 is 11.3 Å². The molecule has 1 aromatic rings. The summed E-state index contributed by atoms with van der Waals surface area (Å²) < 4.78 is 0. The van der Waals surface area contributed by atoms with Crippen molar-refractivity contribution in [1.82, 2.24) is 10.2 Å². The Bertz CT molecular complexity index is 393. The lowest BCUT2D eigenvalue weighted by atomic mass is 10.0. The summed E-state index contributed by atoms with van der Waals surface area (Å²) in [5.74, 6) is 0. The average Bonchev–Trinajstić information content (AvgIpc) is 2.97. The summed E-state index contributed by atoms with van der Waals surface area (Å²) in [4.78, 5) is 15.5. The highest BCUT2D eigenvalue weighted by Crippen LogP contribution is 2.19. The molecule has 0 aliphatic carbocycles. The van der Waals surface area contributed by atoms with Gasteiger partial charge < -0.3 is 15.3 Å². The number of carbonyl (C=O) groups is 1. The maximum atomic E-state index is 12.2. The number of hydrogen-bond donors (Lipinski definition) is 2. The van der Waals surface area contributed by atoms with E-state index in [1.54, 1.807) is 11.3 Å². The minimum Gasteiger partial charge on any atom is -0.396 e. The highest BCUT2D eigenvalue weighted by atomic mass is 32.1. The molecular formula is C15H24N2O2S. The van der Waals surface area contributed by atoms with Crippen LogP contribution < -0.4 is 5.32 Å². The first kappa shape index (κ1) is 15.3.